The van der Waals surface area contributed by atoms with Crippen LogP contribution in [-0.2, 0) is 0 Å². The summed E-state index contributed by atoms with van der Waals surface area (Å²) in [5, 5.41) is 22.7. The summed E-state index contributed by atoms with van der Waals surface area (Å²) in [4.78, 5) is 0. The summed E-state index contributed by atoms with van der Waals surface area (Å²) in [6.45, 7) is 1.02. The summed E-state index contributed by atoms with van der Waals surface area (Å²) in [7, 11) is 0. The van der Waals surface area contributed by atoms with Gasteiger partial charge < -0.3 is 20.3 Å². The van der Waals surface area contributed by atoms with Crippen molar-refractivity contribution in [3.63, 3.8) is 0 Å². The average molecular weight is 279 g/mol. The summed E-state index contributed by atoms with van der Waals surface area (Å²) in [6, 6.07) is 9.83. The molecule has 3 atom stereocenters. The van der Waals surface area contributed by atoms with Gasteiger partial charge in [0.05, 0.1) is 0 Å². The molecule has 0 saturated heterocycles. The van der Waals surface area contributed by atoms with E-state index < -0.39 is 6.10 Å². The molecule has 1 aromatic carbocycles. The quantitative estimate of drug-likeness (QED) is 0.709. The third kappa shape index (κ3) is 4.78. The van der Waals surface area contributed by atoms with Crippen molar-refractivity contribution in [1.29, 1.82) is 0 Å². The highest BCUT2D eigenvalue weighted by molar-refractivity contribution is 5.20. The molecule has 1 aromatic rings. The molecule has 1 saturated carbocycles. The third-order valence-electron chi connectivity index (χ3n) is 3.94. The zero-order chi connectivity index (χ0) is 14.2. The fourth-order valence-corrected chi connectivity index (χ4v) is 2.75. The van der Waals surface area contributed by atoms with Crippen molar-refractivity contribution in [3.05, 3.63) is 30.3 Å². The number of rotatable bonds is 7. The van der Waals surface area contributed by atoms with E-state index in [1.807, 2.05) is 30.3 Å². The van der Waals surface area contributed by atoms with Gasteiger partial charge in [-0.05, 0) is 30.9 Å². The normalized spacial score (nSPS) is 24.3. The molecule has 1 aliphatic carbocycles. The molecule has 0 radical (unpaired) electrons. The smallest absolute Gasteiger partial charge is 0.119 e. The minimum Gasteiger partial charge on any atom is -0.491 e. The molecule has 0 amide bonds. The number of aliphatic hydroxyl groups is 2. The van der Waals surface area contributed by atoms with Gasteiger partial charge in [0.1, 0.15) is 18.5 Å². The molecule has 3 N–H and O–H groups in total. The Kier molecular flexibility index (Phi) is 6.30. The van der Waals surface area contributed by atoms with Crippen LogP contribution in [0.25, 0.3) is 0 Å². The summed E-state index contributed by atoms with van der Waals surface area (Å²) in [5.74, 6) is 1.10. The van der Waals surface area contributed by atoms with Crippen molar-refractivity contribution in [3.8, 4) is 5.75 Å². The number of ether oxygens (including phenoxy) is 1. The van der Waals surface area contributed by atoms with Crippen LogP contribution in [0, 0.1) is 5.92 Å². The second kappa shape index (κ2) is 8.25. The van der Waals surface area contributed by atoms with Crippen LogP contribution in [0.15, 0.2) is 30.3 Å². The Hall–Kier alpha value is -1.10. The molecule has 2 rings (SSSR count). The second-order valence-corrected chi connectivity index (χ2v) is 5.52. The zero-order valence-corrected chi connectivity index (χ0v) is 11.9. The van der Waals surface area contributed by atoms with Gasteiger partial charge in [0, 0.05) is 19.2 Å². The van der Waals surface area contributed by atoms with E-state index in [2.05, 4.69) is 5.32 Å². The first kappa shape index (κ1) is 15.3. The SMILES string of the molecule is OCC1CCCCC1NCC(O)COc1ccccc1. The molecule has 0 bridgehead atoms. The number of para-hydroxylation sites is 1. The molecule has 20 heavy (non-hydrogen) atoms. The fraction of sp³-hybridized carbons (Fsp3) is 0.625. The van der Waals surface area contributed by atoms with Gasteiger partial charge in [0.2, 0.25) is 0 Å². The average Bonchev–Trinajstić information content (AvgIpc) is 2.52. The molecule has 4 heteroatoms. The molecular weight excluding hydrogens is 254 g/mol. The van der Waals surface area contributed by atoms with Crippen LogP contribution < -0.4 is 10.1 Å². The fourth-order valence-electron chi connectivity index (χ4n) is 2.75. The van der Waals surface area contributed by atoms with Crippen LogP contribution in [0.3, 0.4) is 0 Å². The van der Waals surface area contributed by atoms with Crippen LogP contribution in [-0.4, -0.2) is 42.1 Å². The maximum atomic E-state index is 9.95. The van der Waals surface area contributed by atoms with Crippen LogP contribution in [0.4, 0.5) is 0 Å². The van der Waals surface area contributed by atoms with Crippen molar-refractivity contribution in [1.82, 2.24) is 5.32 Å². The molecule has 112 valence electrons. The van der Waals surface area contributed by atoms with Crippen LogP contribution >= 0.6 is 0 Å². The van der Waals surface area contributed by atoms with Crippen LogP contribution in [0.2, 0.25) is 0 Å². The molecule has 1 aliphatic rings. The molecule has 0 aromatic heterocycles. The van der Waals surface area contributed by atoms with Crippen molar-refractivity contribution in [2.75, 3.05) is 19.8 Å². The molecule has 0 heterocycles. The van der Waals surface area contributed by atoms with E-state index in [-0.39, 0.29) is 13.2 Å². The lowest BCUT2D eigenvalue weighted by Gasteiger charge is -2.31. The van der Waals surface area contributed by atoms with Crippen LogP contribution in [0.1, 0.15) is 25.7 Å². The molecule has 0 spiro atoms. The first-order valence-corrected chi connectivity index (χ1v) is 7.49. The van der Waals surface area contributed by atoms with Gasteiger partial charge in [-0.1, -0.05) is 31.0 Å². The maximum absolute atomic E-state index is 9.95. The van der Waals surface area contributed by atoms with E-state index in [4.69, 9.17) is 4.74 Å². The standard InChI is InChI=1S/C16H25NO3/c18-11-13-6-4-5-9-16(13)17-10-14(19)12-20-15-7-2-1-3-8-15/h1-3,7-8,13-14,16-19H,4-6,9-12H2. The number of hydrogen-bond acceptors (Lipinski definition) is 4. The monoisotopic (exact) mass is 279 g/mol. The number of hydrogen-bond donors (Lipinski definition) is 3. The third-order valence-corrected chi connectivity index (χ3v) is 3.94. The molecule has 1 fully saturated rings. The molecular formula is C16H25NO3. The van der Waals surface area contributed by atoms with Crippen molar-refractivity contribution in [2.45, 2.75) is 37.8 Å². The lowest BCUT2D eigenvalue weighted by atomic mass is 9.85. The summed E-state index contributed by atoms with van der Waals surface area (Å²) < 4.78 is 5.52. The Morgan fingerprint density at radius 3 is 2.70 bits per heavy atom. The van der Waals surface area contributed by atoms with Gasteiger partial charge in [-0.3, -0.25) is 0 Å². The first-order chi connectivity index (χ1) is 9.79. The van der Waals surface area contributed by atoms with Gasteiger partial charge >= 0.3 is 0 Å². The van der Waals surface area contributed by atoms with E-state index in [0.717, 1.165) is 18.6 Å². The molecule has 3 unspecified atom stereocenters. The Balaban J connectivity index is 1.67. The van der Waals surface area contributed by atoms with Gasteiger partial charge in [-0.15, -0.1) is 0 Å². The van der Waals surface area contributed by atoms with Crippen molar-refractivity contribution in [2.24, 2.45) is 5.92 Å². The van der Waals surface area contributed by atoms with Gasteiger partial charge in [-0.25, -0.2) is 0 Å². The second-order valence-electron chi connectivity index (χ2n) is 5.52. The largest absolute Gasteiger partial charge is 0.491 e. The predicted octanol–water partition coefficient (Wildman–Crippen LogP) is 1.57. The summed E-state index contributed by atoms with van der Waals surface area (Å²) >= 11 is 0. The lowest BCUT2D eigenvalue weighted by molar-refractivity contribution is 0.0906. The van der Waals surface area contributed by atoms with E-state index in [1.165, 1.54) is 12.8 Å². The number of aliphatic hydroxyl groups excluding tert-OH is 2. The molecule has 4 nitrogen and oxygen atoms in total. The highest BCUT2D eigenvalue weighted by Crippen LogP contribution is 2.23. The Morgan fingerprint density at radius 2 is 1.95 bits per heavy atom. The summed E-state index contributed by atoms with van der Waals surface area (Å²) in [5.41, 5.74) is 0. The number of nitrogens with one attached hydrogen (secondary N) is 1. The van der Waals surface area contributed by atoms with E-state index in [0.29, 0.717) is 18.5 Å². The zero-order valence-electron chi connectivity index (χ0n) is 11.9. The van der Waals surface area contributed by atoms with Gasteiger partial charge in [0.25, 0.3) is 0 Å². The lowest BCUT2D eigenvalue weighted by Crippen LogP contribution is -2.44. The summed E-state index contributed by atoms with van der Waals surface area (Å²) in [6.07, 6.45) is 4.02. The van der Waals surface area contributed by atoms with Gasteiger partial charge in [-0.2, -0.15) is 0 Å². The highest BCUT2D eigenvalue weighted by atomic mass is 16.5. The van der Waals surface area contributed by atoms with Gasteiger partial charge in [0.15, 0.2) is 0 Å². The highest BCUT2D eigenvalue weighted by Gasteiger charge is 2.24. The van der Waals surface area contributed by atoms with E-state index in [1.54, 1.807) is 0 Å². The minimum atomic E-state index is -0.531. The predicted molar refractivity (Wildman–Crippen MR) is 78.8 cm³/mol. The van der Waals surface area contributed by atoms with Crippen LogP contribution in [0.5, 0.6) is 5.75 Å². The Bertz CT molecular complexity index is 371. The Labute approximate surface area is 120 Å². The Morgan fingerprint density at radius 1 is 1.20 bits per heavy atom. The van der Waals surface area contributed by atoms with E-state index >= 15 is 0 Å². The van der Waals surface area contributed by atoms with Crippen molar-refractivity contribution >= 4 is 0 Å². The van der Waals surface area contributed by atoms with E-state index in [9.17, 15) is 10.2 Å². The first-order valence-electron chi connectivity index (χ1n) is 7.49. The molecule has 0 aliphatic heterocycles. The maximum Gasteiger partial charge on any atom is 0.119 e. The topological polar surface area (TPSA) is 61.7 Å². The van der Waals surface area contributed by atoms with Crippen molar-refractivity contribution < 1.29 is 14.9 Å². The minimum absolute atomic E-state index is 0.230. The number of benzene rings is 1.